The Morgan fingerprint density at radius 2 is 2.03 bits per heavy atom. The molecule has 1 aromatic heterocycles. The minimum absolute atomic E-state index is 0.0141. The molecule has 1 aliphatic rings. The van der Waals surface area contributed by atoms with Crippen molar-refractivity contribution in [2.45, 2.75) is 25.0 Å². The molecule has 0 aliphatic carbocycles. The molecule has 32 heavy (non-hydrogen) atoms. The molecule has 0 radical (unpaired) electrons. The second-order valence-electron chi connectivity index (χ2n) is 7.85. The van der Waals surface area contributed by atoms with Crippen LogP contribution in [0.4, 0.5) is 18.9 Å². The Balaban J connectivity index is 1.44. The largest absolute Gasteiger partial charge is 0.383 e. The summed E-state index contributed by atoms with van der Waals surface area (Å²) in [5, 5.41) is 7.10. The molecule has 1 saturated heterocycles. The zero-order valence-electron chi connectivity index (χ0n) is 17.5. The number of nitrogens with one attached hydrogen (secondary N) is 1. The van der Waals surface area contributed by atoms with Gasteiger partial charge >= 0.3 is 0 Å². The Labute approximate surface area is 183 Å². The van der Waals surface area contributed by atoms with Gasteiger partial charge in [0.2, 0.25) is 0 Å². The number of aromatic nitrogens is 2. The van der Waals surface area contributed by atoms with E-state index in [1.54, 1.807) is 30.3 Å². The van der Waals surface area contributed by atoms with Crippen LogP contribution in [0.5, 0.6) is 0 Å². The molecule has 1 N–H and O–H groups in total. The molecule has 0 spiro atoms. The van der Waals surface area contributed by atoms with Crippen LogP contribution in [-0.4, -0.2) is 46.9 Å². The van der Waals surface area contributed by atoms with Gasteiger partial charge in [-0.05, 0) is 42.3 Å². The number of methoxy groups -OCH3 is 1. The number of carbonyl (C=O) groups is 1. The van der Waals surface area contributed by atoms with E-state index in [9.17, 15) is 18.0 Å². The average Bonchev–Trinajstić information content (AvgIpc) is 3.38. The lowest BCUT2D eigenvalue weighted by Gasteiger charge is -2.23. The van der Waals surface area contributed by atoms with E-state index < -0.39 is 23.4 Å². The van der Waals surface area contributed by atoms with E-state index in [0.29, 0.717) is 30.9 Å². The van der Waals surface area contributed by atoms with Gasteiger partial charge in [0.05, 0.1) is 24.5 Å². The topological polar surface area (TPSA) is 59.4 Å². The molecule has 2 aromatic carbocycles. The van der Waals surface area contributed by atoms with Gasteiger partial charge < -0.3 is 10.1 Å². The van der Waals surface area contributed by atoms with Crippen molar-refractivity contribution >= 4 is 11.6 Å². The van der Waals surface area contributed by atoms with Crippen molar-refractivity contribution in [3.05, 3.63) is 83.4 Å². The molecule has 1 amide bonds. The van der Waals surface area contributed by atoms with Gasteiger partial charge in [-0.15, -0.1) is 0 Å². The van der Waals surface area contributed by atoms with E-state index in [1.807, 2.05) is 0 Å². The number of carbonyl (C=O) groups excluding carboxylic acids is 1. The van der Waals surface area contributed by atoms with E-state index in [1.165, 1.54) is 30.3 Å². The average molecular weight is 444 g/mol. The van der Waals surface area contributed by atoms with Crippen LogP contribution in [-0.2, 0) is 11.3 Å². The van der Waals surface area contributed by atoms with Gasteiger partial charge in [0.25, 0.3) is 5.91 Å². The van der Waals surface area contributed by atoms with Crippen molar-refractivity contribution in [3.8, 4) is 0 Å². The highest BCUT2D eigenvalue weighted by Gasteiger charge is 2.33. The third-order valence-electron chi connectivity index (χ3n) is 5.55. The van der Waals surface area contributed by atoms with Gasteiger partial charge in [0.1, 0.15) is 5.82 Å². The van der Waals surface area contributed by atoms with Gasteiger partial charge in [0, 0.05) is 38.0 Å². The van der Waals surface area contributed by atoms with Crippen molar-refractivity contribution in [2.24, 2.45) is 0 Å². The van der Waals surface area contributed by atoms with Gasteiger partial charge in [0.15, 0.2) is 11.6 Å². The Hall–Kier alpha value is -3.17. The van der Waals surface area contributed by atoms with Gasteiger partial charge in [-0.25, -0.2) is 13.2 Å². The van der Waals surface area contributed by atoms with Crippen LogP contribution in [0, 0.1) is 17.5 Å². The quantitative estimate of drug-likeness (QED) is 0.598. The molecule has 6 nitrogen and oxygen atoms in total. The normalized spacial score (nSPS) is 18.8. The molecule has 1 aliphatic heterocycles. The SMILES string of the molecule is COC[C@@H]1C[C@H](n2cc(NC(=O)c3cccc(F)c3)cn2)CN1Cc1ccc(F)c(F)c1. The molecule has 9 heteroatoms. The highest BCUT2D eigenvalue weighted by atomic mass is 19.2. The summed E-state index contributed by atoms with van der Waals surface area (Å²) in [5.74, 6) is -2.64. The Bertz CT molecular complexity index is 1100. The smallest absolute Gasteiger partial charge is 0.255 e. The van der Waals surface area contributed by atoms with Crippen LogP contribution in [0.1, 0.15) is 28.4 Å². The van der Waals surface area contributed by atoms with Crippen molar-refractivity contribution in [1.29, 1.82) is 0 Å². The van der Waals surface area contributed by atoms with Crippen molar-refractivity contribution in [3.63, 3.8) is 0 Å². The number of anilines is 1. The molecule has 2 atom stereocenters. The predicted molar refractivity (Wildman–Crippen MR) is 113 cm³/mol. The van der Waals surface area contributed by atoms with Crippen LogP contribution in [0.15, 0.2) is 54.9 Å². The summed E-state index contributed by atoms with van der Waals surface area (Å²) in [6, 6.07) is 9.46. The summed E-state index contributed by atoms with van der Waals surface area (Å²) in [6.07, 6.45) is 4.02. The number of nitrogens with zero attached hydrogens (tertiary/aromatic N) is 3. The number of hydrogen-bond acceptors (Lipinski definition) is 4. The number of ether oxygens (including phenoxy) is 1. The molecule has 4 rings (SSSR count). The van der Waals surface area contributed by atoms with Gasteiger partial charge in [-0.2, -0.15) is 5.10 Å². The van der Waals surface area contributed by atoms with Gasteiger partial charge in [-0.1, -0.05) is 12.1 Å². The third-order valence-corrected chi connectivity index (χ3v) is 5.55. The van der Waals surface area contributed by atoms with Crippen LogP contribution in [0.3, 0.4) is 0 Å². The van der Waals surface area contributed by atoms with Crippen molar-refractivity contribution in [2.75, 3.05) is 25.6 Å². The summed E-state index contributed by atoms with van der Waals surface area (Å²) < 4.78 is 47.3. The van der Waals surface area contributed by atoms with E-state index in [0.717, 1.165) is 12.5 Å². The third kappa shape index (κ3) is 5.00. The second-order valence-corrected chi connectivity index (χ2v) is 7.85. The molecule has 0 saturated carbocycles. The number of halogens is 3. The summed E-state index contributed by atoms with van der Waals surface area (Å²) in [5.41, 5.74) is 1.40. The van der Waals surface area contributed by atoms with Crippen LogP contribution < -0.4 is 5.32 Å². The fraction of sp³-hybridized carbons (Fsp3) is 0.304. The molecule has 168 valence electrons. The van der Waals surface area contributed by atoms with Crippen molar-refractivity contribution < 1.29 is 22.7 Å². The lowest BCUT2D eigenvalue weighted by atomic mass is 10.1. The zero-order valence-corrected chi connectivity index (χ0v) is 17.5. The first-order valence-corrected chi connectivity index (χ1v) is 10.2. The minimum atomic E-state index is -0.870. The molecular weight excluding hydrogens is 421 g/mol. The van der Waals surface area contributed by atoms with Crippen LogP contribution in [0.25, 0.3) is 0 Å². The number of hydrogen-bond donors (Lipinski definition) is 1. The highest BCUT2D eigenvalue weighted by Crippen LogP contribution is 2.29. The zero-order chi connectivity index (χ0) is 22.7. The lowest BCUT2D eigenvalue weighted by molar-refractivity contribution is 0.102. The number of benzene rings is 2. The van der Waals surface area contributed by atoms with E-state index in [-0.39, 0.29) is 17.6 Å². The first kappa shape index (κ1) is 22.0. The van der Waals surface area contributed by atoms with E-state index >= 15 is 0 Å². The maximum Gasteiger partial charge on any atom is 0.255 e. The van der Waals surface area contributed by atoms with Crippen molar-refractivity contribution in [1.82, 2.24) is 14.7 Å². The van der Waals surface area contributed by atoms with E-state index in [4.69, 9.17) is 4.74 Å². The molecule has 2 heterocycles. The fourth-order valence-corrected chi connectivity index (χ4v) is 4.02. The Morgan fingerprint density at radius 3 is 2.78 bits per heavy atom. The van der Waals surface area contributed by atoms with Gasteiger partial charge in [-0.3, -0.25) is 14.4 Å². The summed E-state index contributed by atoms with van der Waals surface area (Å²) >= 11 is 0. The summed E-state index contributed by atoms with van der Waals surface area (Å²) in [4.78, 5) is 14.5. The molecule has 0 unspecified atom stereocenters. The molecular formula is C23H23F3N4O2. The molecule has 1 fully saturated rings. The first-order valence-electron chi connectivity index (χ1n) is 10.2. The maximum atomic E-state index is 13.6. The first-order chi connectivity index (χ1) is 15.4. The Kier molecular flexibility index (Phi) is 6.57. The van der Waals surface area contributed by atoms with E-state index in [2.05, 4.69) is 15.3 Å². The standard InChI is InChI=1S/C23H23F3N4O2/c1-32-14-20-9-19(13-29(20)11-15-5-6-21(25)22(26)7-15)30-12-18(10-27-30)28-23(31)16-3-2-4-17(24)8-16/h2-8,10,12,19-20H,9,11,13-14H2,1H3,(H,28,31)/t19-,20-/m0/s1. The molecule has 0 bridgehead atoms. The predicted octanol–water partition coefficient (Wildman–Crippen LogP) is 4.01. The number of rotatable bonds is 7. The molecule has 3 aromatic rings. The Morgan fingerprint density at radius 1 is 1.19 bits per heavy atom. The number of amides is 1. The monoisotopic (exact) mass is 444 g/mol. The summed E-state index contributed by atoms with van der Waals surface area (Å²) in [6.45, 7) is 1.57. The van der Waals surface area contributed by atoms with Crippen LogP contribution >= 0.6 is 0 Å². The summed E-state index contributed by atoms with van der Waals surface area (Å²) in [7, 11) is 1.62. The number of likely N-dealkylation sites (tertiary alicyclic amines) is 1. The van der Waals surface area contributed by atoms with Crippen LogP contribution in [0.2, 0.25) is 0 Å². The maximum absolute atomic E-state index is 13.6. The highest BCUT2D eigenvalue weighted by molar-refractivity contribution is 6.04. The minimum Gasteiger partial charge on any atom is -0.383 e. The second kappa shape index (κ2) is 9.54. The fourth-order valence-electron chi connectivity index (χ4n) is 4.02. The lowest BCUT2D eigenvalue weighted by Crippen LogP contribution is -2.32.